The molecule has 0 fully saturated rings. The standard InChI is InChI=1S/C17H20BrNO3S/c1-11-5-7-15(12(2)9-11)13(3)19-23(20,21)14-6-8-17(22-4)16(18)10-14/h5-10,13,19H,1-4H3/t13-/m0/s1. The summed E-state index contributed by atoms with van der Waals surface area (Å²) in [5, 5.41) is 0. The summed E-state index contributed by atoms with van der Waals surface area (Å²) in [4.78, 5) is 0.196. The van der Waals surface area contributed by atoms with E-state index in [1.54, 1.807) is 6.07 Å². The Kier molecular flexibility index (Phi) is 5.49. The maximum atomic E-state index is 12.6. The van der Waals surface area contributed by atoms with Gasteiger partial charge in [-0.25, -0.2) is 13.1 Å². The zero-order valence-electron chi connectivity index (χ0n) is 13.6. The second kappa shape index (κ2) is 7.03. The molecule has 2 rings (SSSR count). The van der Waals surface area contributed by atoms with Crippen LogP contribution in [-0.4, -0.2) is 15.5 Å². The molecule has 0 radical (unpaired) electrons. The molecule has 0 aliphatic carbocycles. The molecule has 0 heterocycles. The van der Waals surface area contributed by atoms with Gasteiger partial charge in [0.2, 0.25) is 10.0 Å². The van der Waals surface area contributed by atoms with Crippen LogP contribution in [-0.2, 0) is 10.0 Å². The lowest BCUT2D eigenvalue weighted by Crippen LogP contribution is -2.27. The fourth-order valence-corrected chi connectivity index (χ4v) is 4.43. The van der Waals surface area contributed by atoms with E-state index in [4.69, 9.17) is 4.74 Å². The van der Waals surface area contributed by atoms with Gasteiger partial charge in [0.05, 0.1) is 16.5 Å². The highest BCUT2D eigenvalue weighted by Crippen LogP contribution is 2.28. The molecule has 0 spiro atoms. The molecule has 6 heteroatoms. The Labute approximate surface area is 146 Å². The minimum atomic E-state index is -3.62. The number of sulfonamides is 1. The lowest BCUT2D eigenvalue weighted by atomic mass is 10.0. The number of halogens is 1. The van der Waals surface area contributed by atoms with Gasteiger partial charge in [-0.15, -0.1) is 0 Å². The number of hydrogen-bond acceptors (Lipinski definition) is 3. The highest BCUT2D eigenvalue weighted by molar-refractivity contribution is 9.10. The van der Waals surface area contributed by atoms with Crippen molar-refractivity contribution < 1.29 is 13.2 Å². The second-order valence-electron chi connectivity index (χ2n) is 5.50. The molecule has 4 nitrogen and oxygen atoms in total. The minimum Gasteiger partial charge on any atom is -0.496 e. The van der Waals surface area contributed by atoms with Gasteiger partial charge in [-0.05, 0) is 66.0 Å². The Hall–Kier alpha value is -1.37. The third-order valence-electron chi connectivity index (χ3n) is 3.66. The first-order valence-electron chi connectivity index (χ1n) is 7.17. The molecule has 0 aliphatic rings. The lowest BCUT2D eigenvalue weighted by Gasteiger charge is -2.17. The van der Waals surface area contributed by atoms with Gasteiger partial charge in [-0.1, -0.05) is 23.8 Å². The summed E-state index contributed by atoms with van der Waals surface area (Å²) in [6.07, 6.45) is 0. The van der Waals surface area contributed by atoms with Crippen molar-refractivity contribution in [1.29, 1.82) is 0 Å². The maximum Gasteiger partial charge on any atom is 0.241 e. The van der Waals surface area contributed by atoms with Crippen molar-refractivity contribution in [2.24, 2.45) is 0 Å². The molecule has 0 amide bonds. The molecule has 2 aromatic carbocycles. The van der Waals surface area contributed by atoms with Crippen LogP contribution in [0.15, 0.2) is 45.8 Å². The van der Waals surface area contributed by atoms with E-state index >= 15 is 0 Å². The average Bonchev–Trinajstić information content (AvgIpc) is 2.46. The van der Waals surface area contributed by atoms with E-state index in [1.807, 2.05) is 39.0 Å². The quantitative estimate of drug-likeness (QED) is 0.825. The number of methoxy groups -OCH3 is 1. The minimum absolute atomic E-state index is 0.196. The van der Waals surface area contributed by atoms with Crippen molar-refractivity contribution in [2.45, 2.75) is 31.7 Å². The van der Waals surface area contributed by atoms with Gasteiger partial charge < -0.3 is 4.74 Å². The Bertz CT molecular complexity index is 819. The molecule has 1 N–H and O–H groups in total. The molecule has 0 unspecified atom stereocenters. The molecule has 23 heavy (non-hydrogen) atoms. The first-order chi connectivity index (χ1) is 10.7. The molecule has 0 aliphatic heterocycles. The second-order valence-corrected chi connectivity index (χ2v) is 8.07. The van der Waals surface area contributed by atoms with E-state index in [2.05, 4.69) is 20.7 Å². The molecule has 2 aromatic rings. The summed E-state index contributed by atoms with van der Waals surface area (Å²) >= 11 is 3.31. The molecule has 0 aromatic heterocycles. The van der Waals surface area contributed by atoms with Gasteiger partial charge in [-0.2, -0.15) is 0 Å². The number of aryl methyl sites for hydroxylation is 2. The van der Waals surface area contributed by atoms with Crippen LogP contribution in [0.3, 0.4) is 0 Å². The van der Waals surface area contributed by atoms with Gasteiger partial charge in [0, 0.05) is 6.04 Å². The number of benzene rings is 2. The Balaban J connectivity index is 2.28. The molecule has 124 valence electrons. The van der Waals surface area contributed by atoms with Crippen molar-refractivity contribution in [3.8, 4) is 5.75 Å². The third-order valence-corrected chi connectivity index (χ3v) is 5.82. The van der Waals surface area contributed by atoms with Crippen LogP contribution >= 0.6 is 15.9 Å². The maximum absolute atomic E-state index is 12.6. The number of hydrogen-bond donors (Lipinski definition) is 1. The van der Waals surface area contributed by atoms with E-state index in [9.17, 15) is 8.42 Å². The SMILES string of the molecule is COc1ccc(S(=O)(=O)N[C@@H](C)c2ccc(C)cc2C)cc1Br. The molecular weight excluding hydrogens is 378 g/mol. The number of rotatable bonds is 5. The molecule has 1 atom stereocenters. The molecule has 0 saturated carbocycles. The molecule has 0 saturated heterocycles. The Morgan fingerprint density at radius 3 is 2.39 bits per heavy atom. The summed E-state index contributed by atoms with van der Waals surface area (Å²) < 4.78 is 33.6. The largest absolute Gasteiger partial charge is 0.496 e. The van der Waals surface area contributed by atoms with E-state index in [0.717, 1.165) is 16.7 Å². The van der Waals surface area contributed by atoms with Gasteiger partial charge in [-0.3, -0.25) is 0 Å². The Morgan fingerprint density at radius 2 is 1.83 bits per heavy atom. The van der Waals surface area contributed by atoms with E-state index in [1.165, 1.54) is 19.2 Å². The van der Waals surface area contributed by atoms with Crippen molar-refractivity contribution in [3.05, 3.63) is 57.6 Å². The topological polar surface area (TPSA) is 55.4 Å². The smallest absolute Gasteiger partial charge is 0.241 e. The monoisotopic (exact) mass is 397 g/mol. The predicted molar refractivity (Wildman–Crippen MR) is 95.3 cm³/mol. The summed E-state index contributed by atoms with van der Waals surface area (Å²) in [6, 6.07) is 10.4. The zero-order valence-corrected chi connectivity index (χ0v) is 16.0. The van der Waals surface area contributed by atoms with E-state index < -0.39 is 10.0 Å². The summed E-state index contributed by atoms with van der Waals surface area (Å²) in [5.41, 5.74) is 3.18. The van der Waals surface area contributed by atoms with Crippen LogP contribution in [0.25, 0.3) is 0 Å². The van der Waals surface area contributed by atoms with Crippen molar-refractivity contribution in [2.75, 3.05) is 7.11 Å². The van der Waals surface area contributed by atoms with Gasteiger partial charge in [0.25, 0.3) is 0 Å². The van der Waals surface area contributed by atoms with Crippen molar-refractivity contribution >= 4 is 26.0 Å². The van der Waals surface area contributed by atoms with E-state index in [-0.39, 0.29) is 10.9 Å². The first kappa shape index (κ1) is 18.0. The van der Waals surface area contributed by atoms with Crippen LogP contribution in [0, 0.1) is 13.8 Å². The number of ether oxygens (including phenoxy) is 1. The summed E-state index contributed by atoms with van der Waals surface area (Å²) in [5.74, 6) is 0.589. The van der Waals surface area contributed by atoms with Crippen molar-refractivity contribution in [1.82, 2.24) is 4.72 Å². The molecule has 0 bridgehead atoms. The molecular formula is C17H20BrNO3S. The average molecular weight is 398 g/mol. The highest BCUT2D eigenvalue weighted by atomic mass is 79.9. The summed E-state index contributed by atoms with van der Waals surface area (Å²) in [7, 11) is -2.08. The van der Waals surface area contributed by atoms with Crippen LogP contribution in [0.1, 0.15) is 29.7 Å². The van der Waals surface area contributed by atoms with Crippen LogP contribution in [0.5, 0.6) is 5.75 Å². The van der Waals surface area contributed by atoms with Crippen molar-refractivity contribution in [3.63, 3.8) is 0 Å². The van der Waals surface area contributed by atoms with E-state index in [0.29, 0.717) is 10.2 Å². The fourth-order valence-electron chi connectivity index (χ4n) is 2.49. The number of nitrogens with one attached hydrogen (secondary N) is 1. The predicted octanol–water partition coefficient (Wildman–Crippen LogP) is 4.11. The van der Waals surface area contributed by atoms with Gasteiger partial charge in [0.15, 0.2) is 0 Å². The summed E-state index contributed by atoms with van der Waals surface area (Å²) in [6.45, 7) is 5.84. The normalized spacial score (nSPS) is 12.9. The third kappa shape index (κ3) is 4.13. The first-order valence-corrected chi connectivity index (χ1v) is 9.45. The highest BCUT2D eigenvalue weighted by Gasteiger charge is 2.20. The van der Waals surface area contributed by atoms with Gasteiger partial charge >= 0.3 is 0 Å². The van der Waals surface area contributed by atoms with Crippen LogP contribution in [0.4, 0.5) is 0 Å². The Morgan fingerprint density at radius 1 is 1.13 bits per heavy atom. The fraction of sp³-hybridized carbons (Fsp3) is 0.294. The lowest BCUT2D eigenvalue weighted by molar-refractivity contribution is 0.411. The van der Waals surface area contributed by atoms with Crippen LogP contribution in [0.2, 0.25) is 0 Å². The van der Waals surface area contributed by atoms with Crippen LogP contribution < -0.4 is 9.46 Å². The van der Waals surface area contributed by atoms with Gasteiger partial charge in [0.1, 0.15) is 5.75 Å². The zero-order chi connectivity index (χ0) is 17.2.